The molecule has 0 spiro atoms. The topological polar surface area (TPSA) is 49.4 Å². The van der Waals surface area contributed by atoms with Crippen molar-refractivity contribution in [3.05, 3.63) is 39.8 Å². The zero-order valence-corrected chi connectivity index (χ0v) is 14.3. The molecule has 3 rings (SSSR count). The van der Waals surface area contributed by atoms with Gasteiger partial charge in [0.1, 0.15) is 0 Å². The number of benzene rings is 1. The molecular weight excluding hydrogens is 332 g/mol. The highest BCUT2D eigenvalue weighted by Gasteiger charge is 2.35. The maximum absolute atomic E-state index is 12.4. The number of imide groups is 1. The van der Waals surface area contributed by atoms with Gasteiger partial charge in [0.15, 0.2) is 0 Å². The van der Waals surface area contributed by atoms with E-state index in [0.717, 1.165) is 30.2 Å². The first kappa shape index (κ1) is 16.6. The van der Waals surface area contributed by atoms with Crippen LogP contribution in [0.15, 0.2) is 29.2 Å². The SMILES string of the molecule is O=C1SC(=Cc2ccccc2Cl)C(=O)N1CNC1CCCCC1. The third kappa shape index (κ3) is 3.97. The second kappa shape index (κ2) is 7.51. The average Bonchev–Trinajstić information content (AvgIpc) is 2.82. The molecule has 4 nitrogen and oxygen atoms in total. The van der Waals surface area contributed by atoms with E-state index in [1.165, 1.54) is 24.2 Å². The van der Waals surface area contributed by atoms with E-state index in [9.17, 15) is 9.59 Å². The number of hydrogen-bond acceptors (Lipinski definition) is 4. The van der Waals surface area contributed by atoms with Crippen LogP contribution < -0.4 is 5.32 Å². The highest BCUT2D eigenvalue weighted by Crippen LogP contribution is 2.33. The Hall–Kier alpha value is -1.30. The molecule has 0 bridgehead atoms. The molecule has 0 aromatic heterocycles. The number of nitrogens with zero attached hydrogens (tertiary/aromatic N) is 1. The van der Waals surface area contributed by atoms with Crippen molar-refractivity contribution in [2.45, 2.75) is 38.1 Å². The number of amides is 2. The molecule has 1 saturated carbocycles. The lowest BCUT2D eigenvalue weighted by Crippen LogP contribution is -2.42. The third-order valence-electron chi connectivity index (χ3n) is 4.21. The molecule has 1 aromatic carbocycles. The van der Waals surface area contributed by atoms with Gasteiger partial charge in [0.05, 0.1) is 11.6 Å². The number of rotatable bonds is 4. The van der Waals surface area contributed by atoms with E-state index >= 15 is 0 Å². The number of nitrogens with one attached hydrogen (secondary N) is 1. The Morgan fingerprint density at radius 2 is 1.96 bits per heavy atom. The van der Waals surface area contributed by atoms with Gasteiger partial charge in [0.25, 0.3) is 11.1 Å². The van der Waals surface area contributed by atoms with Crippen molar-refractivity contribution in [2.24, 2.45) is 0 Å². The van der Waals surface area contributed by atoms with Crippen LogP contribution in [0, 0.1) is 0 Å². The van der Waals surface area contributed by atoms with Crippen molar-refractivity contribution in [2.75, 3.05) is 6.67 Å². The summed E-state index contributed by atoms with van der Waals surface area (Å²) in [6.45, 7) is 0.287. The standard InChI is InChI=1S/C17H19ClN2O2S/c18-14-9-5-4-6-12(14)10-15-16(21)20(17(22)23-15)11-19-13-7-2-1-3-8-13/h4-6,9-10,13,19H,1-3,7-8,11H2. The fourth-order valence-corrected chi connectivity index (χ4v) is 3.92. The van der Waals surface area contributed by atoms with E-state index in [-0.39, 0.29) is 17.8 Å². The van der Waals surface area contributed by atoms with Crippen LogP contribution in [0.2, 0.25) is 5.02 Å². The van der Waals surface area contributed by atoms with Crippen LogP contribution in [0.1, 0.15) is 37.7 Å². The molecule has 1 N–H and O–H groups in total. The summed E-state index contributed by atoms with van der Waals surface area (Å²) < 4.78 is 0. The first-order valence-corrected chi connectivity index (χ1v) is 9.08. The minimum absolute atomic E-state index is 0.225. The van der Waals surface area contributed by atoms with Gasteiger partial charge in [-0.15, -0.1) is 0 Å². The van der Waals surface area contributed by atoms with Crippen LogP contribution in [0.3, 0.4) is 0 Å². The molecule has 23 heavy (non-hydrogen) atoms. The minimum Gasteiger partial charge on any atom is -0.297 e. The van der Waals surface area contributed by atoms with E-state index in [2.05, 4.69) is 5.32 Å². The largest absolute Gasteiger partial charge is 0.297 e. The number of carbonyl (C=O) groups is 2. The molecule has 1 aromatic rings. The van der Waals surface area contributed by atoms with Gasteiger partial charge in [0.2, 0.25) is 0 Å². The van der Waals surface area contributed by atoms with Gasteiger partial charge in [-0.05, 0) is 42.3 Å². The molecule has 1 aliphatic carbocycles. The van der Waals surface area contributed by atoms with Crippen LogP contribution in [0.4, 0.5) is 4.79 Å². The zero-order valence-electron chi connectivity index (χ0n) is 12.8. The van der Waals surface area contributed by atoms with Crippen LogP contribution in [0.5, 0.6) is 0 Å². The fourth-order valence-electron chi connectivity index (χ4n) is 2.90. The van der Waals surface area contributed by atoms with Gasteiger partial charge in [-0.3, -0.25) is 19.8 Å². The van der Waals surface area contributed by atoms with Crippen molar-refractivity contribution < 1.29 is 9.59 Å². The second-order valence-corrected chi connectivity index (χ2v) is 7.23. The number of carbonyl (C=O) groups excluding carboxylic acids is 2. The summed E-state index contributed by atoms with van der Waals surface area (Å²) in [7, 11) is 0. The number of halogens is 1. The summed E-state index contributed by atoms with van der Waals surface area (Å²) in [5, 5.41) is 3.68. The maximum atomic E-state index is 12.4. The van der Waals surface area contributed by atoms with Crippen molar-refractivity contribution in [1.82, 2.24) is 10.2 Å². The van der Waals surface area contributed by atoms with Gasteiger partial charge >= 0.3 is 0 Å². The molecule has 1 aliphatic heterocycles. The second-order valence-electron chi connectivity index (χ2n) is 5.83. The molecule has 0 radical (unpaired) electrons. The molecule has 122 valence electrons. The van der Waals surface area contributed by atoms with Gasteiger partial charge in [-0.1, -0.05) is 49.1 Å². The lowest BCUT2D eigenvalue weighted by molar-refractivity contribution is -0.123. The molecule has 6 heteroatoms. The summed E-state index contributed by atoms with van der Waals surface area (Å²) in [5.74, 6) is -0.247. The van der Waals surface area contributed by atoms with E-state index in [0.29, 0.717) is 16.0 Å². The van der Waals surface area contributed by atoms with Crippen LogP contribution in [0.25, 0.3) is 6.08 Å². The van der Waals surface area contributed by atoms with Crippen LogP contribution >= 0.6 is 23.4 Å². The number of hydrogen-bond donors (Lipinski definition) is 1. The molecule has 2 aliphatic rings. The number of thioether (sulfide) groups is 1. The average molecular weight is 351 g/mol. The van der Waals surface area contributed by atoms with Crippen LogP contribution in [-0.4, -0.2) is 28.8 Å². The third-order valence-corrected chi connectivity index (χ3v) is 5.46. The first-order valence-electron chi connectivity index (χ1n) is 7.88. The van der Waals surface area contributed by atoms with Crippen molar-refractivity contribution in [3.63, 3.8) is 0 Å². The molecule has 2 fully saturated rings. The van der Waals surface area contributed by atoms with Gasteiger partial charge in [-0.2, -0.15) is 0 Å². The normalized spacial score (nSPS) is 21.4. The van der Waals surface area contributed by atoms with Crippen molar-refractivity contribution >= 4 is 40.6 Å². The van der Waals surface area contributed by atoms with E-state index in [1.54, 1.807) is 12.1 Å². The van der Waals surface area contributed by atoms with Gasteiger partial charge in [-0.25, -0.2) is 0 Å². The zero-order chi connectivity index (χ0) is 16.2. The summed E-state index contributed by atoms with van der Waals surface area (Å²) in [6, 6.07) is 7.69. The van der Waals surface area contributed by atoms with Crippen molar-refractivity contribution in [1.29, 1.82) is 0 Å². The van der Waals surface area contributed by atoms with Crippen molar-refractivity contribution in [3.8, 4) is 0 Å². The Balaban J connectivity index is 1.66. The lowest BCUT2D eigenvalue weighted by Gasteiger charge is -2.24. The fraction of sp³-hybridized carbons (Fsp3) is 0.412. The lowest BCUT2D eigenvalue weighted by atomic mass is 9.96. The molecule has 1 heterocycles. The molecule has 0 unspecified atom stereocenters. The Labute approximate surface area is 145 Å². The summed E-state index contributed by atoms with van der Waals surface area (Å²) in [4.78, 5) is 26.2. The predicted octanol–water partition coefficient (Wildman–Crippen LogP) is 4.26. The Morgan fingerprint density at radius 1 is 1.22 bits per heavy atom. The molecule has 1 saturated heterocycles. The first-order chi connectivity index (χ1) is 11.1. The Morgan fingerprint density at radius 3 is 2.70 bits per heavy atom. The Kier molecular flexibility index (Phi) is 5.41. The van der Waals surface area contributed by atoms with Gasteiger partial charge in [0, 0.05) is 11.1 Å². The molecule has 0 atom stereocenters. The quantitative estimate of drug-likeness (QED) is 0.824. The van der Waals surface area contributed by atoms with E-state index in [4.69, 9.17) is 11.6 Å². The summed E-state index contributed by atoms with van der Waals surface area (Å²) in [6.07, 6.45) is 7.63. The summed E-state index contributed by atoms with van der Waals surface area (Å²) >= 11 is 7.08. The monoisotopic (exact) mass is 350 g/mol. The molecular formula is C17H19ClN2O2S. The molecule has 2 amide bonds. The van der Waals surface area contributed by atoms with E-state index in [1.807, 2.05) is 18.2 Å². The highest BCUT2D eigenvalue weighted by molar-refractivity contribution is 8.18. The van der Waals surface area contributed by atoms with Gasteiger partial charge < -0.3 is 0 Å². The highest BCUT2D eigenvalue weighted by atomic mass is 35.5. The van der Waals surface area contributed by atoms with Crippen LogP contribution in [-0.2, 0) is 4.79 Å². The summed E-state index contributed by atoms with van der Waals surface area (Å²) in [5.41, 5.74) is 0.750. The maximum Gasteiger partial charge on any atom is 0.294 e. The predicted molar refractivity (Wildman–Crippen MR) is 94.1 cm³/mol. The van der Waals surface area contributed by atoms with E-state index < -0.39 is 0 Å². The minimum atomic E-state index is -0.247. The Bertz CT molecular complexity index is 641. The smallest absolute Gasteiger partial charge is 0.294 e.